The summed E-state index contributed by atoms with van der Waals surface area (Å²) in [5, 5.41) is 3.47. The monoisotopic (exact) mass is 279 g/mol. The molecule has 4 heteroatoms. The fourth-order valence-electron chi connectivity index (χ4n) is 3.17. The van der Waals surface area contributed by atoms with Crippen LogP contribution in [0, 0.1) is 0 Å². The second kappa shape index (κ2) is 7.23. The molecule has 1 fully saturated rings. The lowest BCUT2D eigenvalue weighted by Gasteiger charge is -2.40. The zero-order chi connectivity index (χ0) is 14.4. The van der Waals surface area contributed by atoms with Gasteiger partial charge < -0.3 is 14.6 Å². The van der Waals surface area contributed by atoms with E-state index in [2.05, 4.69) is 35.6 Å². The summed E-state index contributed by atoms with van der Waals surface area (Å²) in [5.74, 6) is 0. The zero-order valence-corrected chi connectivity index (χ0v) is 13.2. The predicted octanol–water partition coefficient (Wildman–Crippen LogP) is 3.29. The second-order valence-corrected chi connectivity index (χ2v) is 5.85. The SMILES string of the molecule is CCCNCc1cncn1C1CCOC(CC)(CC)C1. The Labute approximate surface area is 122 Å². The fourth-order valence-corrected chi connectivity index (χ4v) is 3.17. The van der Waals surface area contributed by atoms with Gasteiger partial charge in [0, 0.05) is 25.4 Å². The Kier molecular flexibility index (Phi) is 5.61. The average molecular weight is 279 g/mol. The lowest BCUT2D eigenvalue weighted by molar-refractivity contribution is -0.0989. The van der Waals surface area contributed by atoms with Gasteiger partial charge in [-0.05, 0) is 38.6 Å². The van der Waals surface area contributed by atoms with Crippen LogP contribution in [-0.4, -0.2) is 28.3 Å². The maximum absolute atomic E-state index is 6.08. The zero-order valence-electron chi connectivity index (χ0n) is 13.2. The molecule has 1 atom stereocenters. The molecule has 1 N–H and O–H groups in total. The molecule has 1 aromatic rings. The molecule has 0 amide bonds. The highest BCUT2D eigenvalue weighted by molar-refractivity contribution is 5.02. The first-order valence-electron chi connectivity index (χ1n) is 8.10. The van der Waals surface area contributed by atoms with E-state index in [4.69, 9.17) is 4.74 Å². The quantitative estimate of drug-likeness (QED) is 0.778. The maximum Gasteiger partial charge on any atom is 0.0951 e. The van der Waals surface area contributed by atoms with Gasteiger partial charge >= 0.3 is 0 Å². The number of rotatable bonds is 7. The highest BCUT2D eigenvalue weighted by Crippen LogP contribution is 2.37. The minimum atomic E-state index is 0.0707. The Morgan fingerprint density at radius 2 is 2.20 bits per heavy atom. The molecule has 0 aliphatic carbocycles. The topological polar surface area (TPSA) is 39.1 Å². The number of nitrogens with zero attached hydrogens (tertiary/aromatic N) is 2. The Morgan fingerprint density at radius 3 is 2.90 bits per heavy atom. The molecule has 0 aromatic carbocycles. The number of aromatic nitrogens is 2. The van der Waals surface area contributed by atoms with Crippen molar-refractivity contribution in [3.63, 3.8) is 0 Å². The Balaban J connectivity index is 2.05. The van der Waals surface area contributed by atoms with Crippen molar-refractivity contribution in [3.05, 3.63) is 18.2 Å². The number of imidazole rings is 1. The number of hydrogen-bond acceptors (Lipinski definition) is 3. The van der Waals surface area contributed by atoms with Crippen LogP contribution in [0.1, 0.15) is 64.6 Å². The minimum Gasteiger partial charge on any atom is -0.375 e. The smallest absolute Gasteiger partial charge is 0.0951 e. The van der Waals surface area contributed by atoms with Crippen LogP contribution in [0.5, 0.6) is 0 Å². The van der Waals surface area contributed by atoms with Crippen molar-refractivity contribution in [2.45, 2.75) is 71.1 Å². The predicted molar refractivity (Wildman–Crippen MR) is 81.8 cm³/mol. The molecule has 2 rings (SSSR count). The van der Waals surface area contributed by atoms with Gasteiger partial charge in [0.2, 0.25) is 0 Å². The van der Waals surface area contributed by atoms with Crippen molar-refractivity contribution < 1.29 is 4.74 Å². The van der Waals surface area contributed by atoms with Crippen LogP contribution in [0.4, 0.5) is 0 Å². The molecule has 0 radical (unpaired) electrons. The van der Waals surface area contributed by atoms with E-state index >= 15 is 0 Å². The van der Waals surface area contributed by atoms with E-state index < -0.39 is 0 Å². The lowest BCUT2D eigenvalue weighted by Crippen LogP contribution is -2.39. The van der Waals surface area contributed by atoms with Crippen molar-refractivity contribution >= 4 is 0 Å². The van der Waals surface area contributed by atoms with Gasteiger partial charge in [-0.1, -0.05) is 20.8 Å². The van der Waals surface area contributed by atoms with Crippen LogP contribution in [0.15, 0.2) is 12.5 Å². The van der Waals surface area contributed by atoms with E-state index in [1.165, 1.54) is 12.1 Å². The van der Waals surface area contributed by atoms with E-state index in [1.54, 1.807) is 0 Å². The molecule has 1 unspecified atom stereocenters. The average Bonchev–Trinajstić information content (AvgIpc) is 2.96. The molecule has 114 valence electrons. The summed E-state index contributed by atoms with van der Waals surface area (Å²) in [6.45, 7) is 9.52. The van der Waals surface area contributed by atoms with Gasteiger partial charge in [0.25, 0.3) is 0 Å². The van der Waals surface area contributed by atoms with Crippen LogP contribution < -0.4 is 5.32 Å². The van der Waals surface area contributed by atoms with E-state index in [1.807, 2.05) is 12.5 Å². The summed E-state index contributed by atoms with van der Waals surface area (Å²) >= 11 is 0. The standard InChI is InChI=1S/C16H29N3O/c1-4-8-17-11-15-12-18-13-19(15)14-7-9-20-16(5-2,6-3)10-14/h12-14,17H,4-11H2,1-3H3. The number of nitrogens with one attached hydrogen (secondary N) is 1. The highest BCUT2D eigenvalue weighted by atomic mass is 16.5. The molecular weight excluding hydrogens is 250 g/mol. The number of ether oxygens (including phenoxy) is 1. The molecule has 1 saturated heterocycles. The summed E-state index contributed by atoms with van der Waals surface area (Å²) in [7, 11) is 0. The molecule has 0 saturated carbocycles. The molecule has 20 heavy (non-hydrogen) atoms. The van der Waals surface area contributed by atoms with Crippen LogP contribution in [-0.2, 0) is 11.3 Å². The van der Waals surface area contributed by atoms with Crippen molar-refractivity contribution in [1.29, 1.82) is 0 Å². The van der Waals surface area contributed by atoms with E-state index in [0.29, 0.717) is 6.04 Å². The molecule has 1 aliphatic rings. The van der Waals surface area contributed by atoms with Crippen molar-refractivity contribution in [1.82, 2.24) is 14.9 Å². The van der Waals surface area contributed by atoms with Crippen molar-refractivity contribution in [2.24, 2.45) is 0 Å². The third kappa shape index (κ3) is 3.41. The first kappa shape index (κ1) is 15.5. The Morgan fingerprint density at radius 1 is 1.40 bits per heavy atom. The molecule has 0 bridgehead atoms. The molecule has 2 heterocycles. The molecule has 0 spiro atoms. The van der Waals surface area contributed by atoms with Gasteiger partial charge in [0.05, 0.1) is 17.6 Å². The molecule has 1 aromatic heterocycles. The highest BCUT2D eigenvalue weighted by Gasteiger charge is 2.35. The minimum absolute atomic E-state index is 0.0707. The van der Waals surface area contributed by atoms with Crippen LogP contribution in [0.3, 0.4) is 0 Å². The van der Waals surface area contributed by atoms with Crippen molar-refractivity contribution in [3.8, 4) is 0 Å². The van der Waals surface area contributed by atoms with Gasteiger partial charge in [0.1, 0.15) is 0 Å². The summed E-state index contributed by atoms with van der Waals surface area (Å²) < 4.78 is 8.45. The summed E-state index contributed by atoms with van der Waals surface area (Å²) in [4.78, 5) is 4.36. The maximum atomic E-state index is 6.08. The third-order valence-electron chi connectivity index (χ3n) is 4.63. The summed E-state index contributed by atoms with van der Waals surface area (Å²) in [5.41, 5.74) is 1.37. The van der Waals surface area contributed by atoms with E-state index in [9.17, 15) is 0 Å². The van der Waals surface area contributed by atoms with E-state index in [0.717, 1.165) is 45.4 Å². The summed E-state index contributed by atoms with van der Waals surface area (Å²) in [6, 6.07) is 0.532. The number of hydrogen-bond donors (Lipinski definition) is 1. The van der Waals surface area contributed by atoms with Crippen LogP contribution in [0.25, 0.3) is 0 Å². The van der Waals surface area contributed by atoms with Gasteiger partial charge in [-0.25, -0.2) is 4.98 Å². The normalized spacial score (nSPS) is 22.1. The Bertz CT molecular complexity index is 398. The van der Waals surface area contributed by atoms with Gasteiger partial charge in [-0.15, -0.1) is 0 Å². The van der Waals surface area contributed by atoms with E-state index in [-0.39, 0.29) is 5.60 Å². The van der Waals surface area contributed by atoms with Gasteiger partial charge in [0.15, 0.2) is 0 Å². The fraction of sp³-hybridized carbons (Fsp3) is 0.812. The van der Waals surface area contributed by atoms with Crippen LogP contribution in [0.2, 0.25) is 0 Å². The largest absolute Gasteiger partial charge is 0.375 e. The third-order valence-corrected chi connectivity index (χ3v) is 4.63. The lowest BCUT2D eigenvalue weighted by atomic mass is 9.85. The van der Waals surface area contributed by atoms with Gasteiger partial charge in [-0.3, -0.25) is 0 Å². The van der Waals surface area contributed by atoms with Gasteiger partial charge in [-0.2, -0.15) is 0 Å². The van der Waals surface area contributed by atoms with Crippen molar-refractivity contribution in [2.75, 3.05) is 13.2 Å². The molecule has 4 nitrogen and oxygen atoms in total. The summed E-state index contributed by atoms with van der Waals surface area (Å²) in [6.07, 6.45) is 9.55. The second-order valence-electron chi connectivity index (χ2n) is 5.85. The van der Waals surface area contributed by atoms with Crippen LogP contribution >= 0.6 is 0 Å². The first-order chi connectivity index (χ1) is 9.74. The molecule has 1 aliphatic heterocycles. The Hall–Kier alpha value is -0.870. The molecular formula is C16H29N3O. The first-order valence-corrected chi connectivity index (χ1v) is 8.10.